The normalized spacial score (nSPS) is 17.7. The first-order valence-electron chi connectivity index (χ1n) is 6.90. The van der Waals surface area contributed by atoms with Gasteiger partial charge in [0.2, 0.25) is 0 Å². The molecule has 0 bridgehead atoms. The first kappa shape index (κ1) is 14.0. The van der Waals surface area contributed by atoms with Crippen LogP contribution in [0, 0.1) is 0 Å². The first-order valence-corrected chi connectivity index (χ1v) is 6.90. The van der Waals surface area contributed by atoms with Crippen molar-refractivity contribution < 1.29 is 9.53 Å². The van der Waals surface area contributed by atoms with Crippen LogP contribution in [0.1, 0.15) is 43.0 Å². The lowest BCUT2D eigenvalue weighted by Crippen LogP contribution is -2.48. The molecule has 1 aliphatic rings. The number of pyridine rings is 1. The van der Waals surface area contributed by atoms with Gasteiger partial charge in [-0.05, 0) is 39.9 Å². The third kappa shape index (κ3) is 2.63. The zero-order chi connectivity index (χ0) is 13.9. The van der Waals surface area contributed by atoms with Crippen LogP contribution in [0.25, 0.3) is 0 Å². The Balaban J connectivity index is 2.29. The topological polar surface area (TPSA) is 42.4 Å². The number of hydrogen-bond acceptors (Lipinski definition) is 4. The molecule has 1 aliphatic carbocycles. The van der Waals surface area contributed by atoms with Gasteiger partial charge in [0.15, 0.2) is 5.78 Å². The minimum atomic E-state index is -0.355. The number of Topliss-reactive ketones (excluding diaryl/α,β-unsaturated/α-hetero) is 1. The Hall–Kier alpha value is -1.42. The molecule has 0 amide bonds. The molecule has 0 unspecified atom stereocenters. The van der Waals surface area contributed by atoms with Gasteiger partial charge in [-0.3, -0.25) is 14.7 Å². The van der Waals surface area contributed by atoms with Crippen molar-refractivity contribution in [2.24, 2.45) is 0 Å². The van der Waals surface area contributed by atoms with E-state index < -0.39 is 0 Å². The molecule has 0 atom stereocenters. The number of aromatic nitrogens is 1. The van der Waals surface area contributed by atoms with Gasteiger partial charge in [-0.25, -0.2) is 0 Å². The molecule has 19 heavy (non-hydrogen) atoms. The van der Waals surface area contributed by atoms with Gasteiger partial charge in [-0.15, -0.1) is 0 Å². The van der Waals surface area contributed by atoms with Crippen molar-refractivity contribution in [1.29, 1.82) is 0 Å². The molecule has 0 saturated heterocycles. The number of rotatable bonds is 5. The van der Waals surface area contributed by atoms with Gasteiger partial charge in [-0.1, -0.05) is 12.8 Å². The Morgan fingerprint density at radius 3 is 2.63 bits per heavy atom. The molecule has 0 spiro atoms. The third-order valence-electron chi connectivity index (χ3n) is 4.00. The lowest BCUT2D eigenvalue weighted by molar-refractivity contribution is 0.0692. The Labute approximate surface area is 114 Å². The van der Waals surface area contributed by atoms with E-state index in [0.717, 1.165) is 25.7 Å². The molecule has 1 saturated carbocycles. The fourth-order valence-electron chi connectivity index (χ4n) is 2.89. The molecule has 1 aromatic heterocycles. The van der Waals surface area contributed by atoms with Crippen LogP contribution in [0.15, 0.2) is 18.5 Å². The van der Waals surface area contributed by atoms with Gasteiger partial charge in [-0.2, -0.15) is 0 Å². The van der Waals surface area contributed by atoms with E-state index in [9.17, 15) is 4.79 Å². The molecule has 0 aliphatic heterocycles. The van der Waals surface area contributed by atoms with E-state index >= 15 is 0 Å². The molecule has 1 fully saturated rings. The highest BCUT2D eigenvalue weighted by atomic mass is 16.5. The van der Waals surface area contributed by atoms with Gasteiger partial charge in [0.1, 0.15) is 5.75 Å². The van der Waals surface area contributed by atoms with Crippen molar-refractivity contribution in [3.8, 4) is 5.75 Å². The number of hydrogen-bond donors (Lipinski definition) is 0. The summed E-state index contributed by atoms with van der Waals surface area (Å²) in [5.41, 5.74) is 0.300. The predicted octanol–water partition coefficient (Wildman–Crippen LogP) is 2.54. The van der Waals surface area contributed by atoms with Crippen LogP contribution < -0.4 is 4.74 Å². The van der Waals surface area contributed by atoms with Crippen molar-refractivity contribution in [1.82, 2.24) is 9.88 Å². The zero-order valence-electron chi connectivity index (χ0n) is 12.0. The maximum Gasteiger partial charge on any atom is 0.184 e. The summed E-state index contributed by atoms with van der Waals surface area (Å²) in [6.07, 6.45) is 7.38. The molecular weight excluding hydrogens is 240 g/mol. The molecule has 4 heteroatoms. The van der Waals surface area contributed by atoms with Crippen molar-refractivity contribution >= 4 is 5.78 Å². The SMILES string of the molecule is CCOc1cncc(C(=O)C2(N(C)C)CCCC2)c1. The van der Waals surface area contributed by atoms with Crippen LogP contribution in [0.5, 0.6) is 5.75 Å². The van der Waals surface area contributed by atoms with E-state index in [4.69, 9.17) is 4.74 Å². The smallest absolute Gasteiger partial charge is 0.184 e. The second kappa shape index (κ2) is 5.70. The van der Waals surface area contributed by atoms with Crippen molar-refractivity contribution in [2.75, 3.05) is 20.7 Å². The fraction of sp³-hybridized carbons (Fsp3) is 0.600. The number of ether oxygens (including phenoxy) is 1. The standard InChI is InChI=1S/C15H22N2O2/c1-4-19-13-9-12(10-16-11-13)14(18)15(17(2)3)7-5-6-8-15/h9-11H,4-8H2,1-3H3. The van der Waals surface area contributed by atoms with Crippen molar-refractivity contribution in [2.45, 2.75) is 38.1 Å². The number of carbonyl (C=O) groups excluding carboxylic acids is 1. The van der Waals surface area contributed by atoms with Gasteiger partial charge >= 0.3 is 0 Å². The average molecular weight is 262 g/mol. The van der Waals surface area contributed by atoms with Gasteiger partial charge < -0.3 is 4.74 Å². The van der Waals surface area contributed by atoms with Crippen LogP contribution in [-0.4, -0.2) is 41.9 Å². The Bertz CT molecular complexity index is 451. The van der Waals surface area contributed by atoms with Crippen LogP contribution in [0.3, 0.4) is 0 Å². The lowest BCUT2D eigenvalue weighted by Gasteiger charge is -2.34. The van der Waals surface area contributed by atoms with Crippen LogP contribution in [-0.2, 0) is 0 Å². The first-order chi connectivity index (χ1) is 9.10. The highest BCUT2D eigenvalue weighted by Gasteiger charge is 2.43. The summed E-state index contributed by atoms with van der Waals surface area (Å²) in [6, 6.07) is 1.81. The Morgan fingerprint density at radius 2 is 2.05 bits per heavy atom. The van der Waals surface area contributed by atoms with E-state index in [1.165, 1.54) is 0 Å². The minimum absolute atomic E-state index is 0.170. The van der Waals surface area contributed by atoms with E-state index in [-0.39, 0.29) is 11.3 Å². The molecule has 0 N–H and O–H groups in total. The lowest BCUT2D eigenvalue weighted by atomic mass is 9.87. The monoisotopic (exact) mass is 262 g/mol. The van der Waals surface area contributed by atoms with E-state index in [1.54, 1.807) is 12.4 Å². The quantitative estimate of drug-likeness (QED) is 0.765. The average Bonchev–Trinajstić information content (AvgIpc) is 2.89. The van der Waals surface area contributed by atoms with Gasteiger partial charge in [0.25, 0.3) is 0 Å². The Morgan fingerprint density at radius 1 is 1.37 bits per heavy atom. The van der Waals surface area contributed by atoms with Crippen molar-refractivity contribution in [3.63, 3.8) is 0 Å². The largest absolute Gasteiger partial charge is 0.492 e. The minimum Gasteiger partial charge on any atom is -0.492 e. The van der Waals surface area contributed by atoms with Crippen LogP contribution >= 0.6 is 0 Å². The number of carbonyl (C=O) groups is 1. The highest BCUT2D eigenvalue weighted by Crippen LogP contribution is 2.36. The molecule has 1 aromatic rings. The van der Waals surface area contributed by atoms with Gasteiger partial charge in [0.05, 0.1) is 18.3 Å². The second-order valence-electron chi connectivity index (χ2n) is 5.30. The van der Waals surface area contributed by atoms with E-state index in [1.807, 2.05) is 27.1 Å². The molecule has 104 valence electrons. The number of likely N-dealkylation sites (N-methyl/N-ethyl adjacent to an activating group) is 1. The summed E-state index contributed by atoms with van der Waals surface area (Å²) in [5, 5.41) is 0. The van der Waals surface area contributed by atoms with Crippen molar-refractivity contribution in [3.05, 3.63) is 24.0 Å². The maximum atomic E-state index is 12.8. The van der Waals surface area contributed by atoms with Crippen LogP contribution in [0.4, 0.5) is 0 Å². The summed E-state index contributed by atoms with van der Waals surface area (Å²) in [7, 11) is 3.98. The molecule has 0 aromatic carbocycles. The summed E-state index contributed by atoms with van der Waals surface area (Å²) in [6.45, 7) is 2.50. The third-order valence-corrected chi connectivity index (χ3v) is 4.00. The number of nitrogens with zero attached hydrogens (tertiary/aromatic N) is 2. The molecule has 4 nitrogen and oxygen atoms in total. The second-order valence-corrected chi connectivity index (χ2v) is 5.30. The molecule has 1 heterocycles. The highest BCUT2D eigenvalue weighted by molar-refractivity contribution is 6.03. The summed E-state index contributed by atoms with van der Waals surface area (Å²) >= 11 is 0. The molecule has 0 radical (unpaired) electrons. The zero-order valence-corrected chi connectivity index (χ0v) is 12.0. The predicted molar refractivity (Wildman–Crippen MR) is 74.6 cm³/mol. The summed E-state index contributed by atoms with van der Waals surface area (Å²) in [5.74, 6) is 0.837. The molecular formula is C15H22N2O2. The van der Waals surface area contributed by atoms with Gasteiger partial charge in [0, 0.05) is 11.8 Å². The number of ketones is 1. The fourth-order valence-corrected chi connectivity index (χ4v) is 2.89. The van der Waals surface area contributed by atoms with E-state index in [0.29, 0.717) is 17.9 Å². The van der Waals surface area contributed by atoms with E-state index in [2.05, 4.69) is 9.88 Å². The molecule has 2 rings (SSSR count). The Kier molecular flexibility index (Phi) is 4.20. The van der Waals surface area contributed by atoms with Crippen LogP contribution in [0.2, 0.25) is 0 Å². The maximum absolute atomic E-state index is 12.8. The summed E-state index contributed by atoms with van der Waals surface area (Å²) in [4.78, 5) is 19.0. The summed E-state index contributed by atoms with van der Waals surface area (Å²) < 4.78 is 5.42.